The van der Waals surface area contributed by atoms with Crippen LogP contribution in [0, 0.1) is 6.92 Å². The van der Waals surface area contributed by atoms with Crippen molar-refractivity contribution in [1.82, 2.24) is 0 Å². The van der Waals surface area contributed by atoms with Crippen LogP contribution in [0.3, 0.4) is 0 Å². The van der Waals surface area contributed by atoms with Crippen LogP contribution in [0.4, 0.5) is 5.69 Å². The number of carbonyl (C=O) groups excluding carboxylic acids is 1. The minimum atomic E-state index is -0.364. The lowest BCUT2D eigenvalue weighted by Gasteiger charge is -2.19. The Kier molecular flexibility index (Phi) is 4.73. The second-order valence-electron chi connectivity index (χ2n) is 5.17. The summed E-state index contributed by atoms with van der Waals surface area (Å²) in [7, 11) is 0. The zero-order valence-corrected chi connectivity index (χ0v) is 11.4. The highest BCUT2D eigenvalue weighted by atomic mass is 16.6. The van der Waals surface area contributed by atoms with Crippen LogP contribution in [0.25, 0.3) is 0 Å². The van der Waals surface area contributed by atoms with Gasteiger partial charge in [0, 0.05) is 5.69 Å². The van der Waals surface area contributed by atoms with Crippen molar-refractivity contribution in [2.45, 2.75) is 33.3 Å². The lowest BCUT2D eigenvalue weighted by atomic mass is 10.1. The van der Waals surface area contributed by atoms with E-state index in [9.17, 15) is 4.79 Å². The first-order valence-electron chi connectivity index (χ1n) is 5.97. The third-order valence-corrected chi connectivity index (χ3v) is 2.33. The monoisotopic (exact) mass is 251 g/mol. The van der Waals surface area contributed by atoms with E-state index in [-0.39, 0.29) is 18.2 Å². The van der Waals surface area contributed by atoms with E-state index in [1.807, 2.05) is 27.7 Å². The minimum absolute atomic E-state index is 0.223. The van der Waals surface area contributed by atoms with Gasteiger partial charge in [-0.3, -0.25) is 0 Å². The van der Waals surface area contributed by atoms with E-state index >= 15 is 0 Å². The number of ether oxygens (including phenoxy) is 2. The van der Waals surface area contributed by atoms with E-state index < -0.39 is 0 Å². The summed E-state index contributed by atoms with van der Waals surface area (Å²) in [5.41, 5.74) is 7.33. The van der Waals surface area contributed by atoms with Crippen molar-refractivity contribution in [3.63, 3.8) is 0 Å². The molecule has 0 amide bonds. The number of nitrogens with two attached hydrogens (primary N) is 1. The van der Waals surface area contributed by atoms with Crippen molar-refractivity contribution < 1.29 is 14.3 Å². The van der Waals surface area contributed by atoms with Crippen molar-refractivity contribution in [3.8, 4) is 0 Å². The highest BCUT2D eigenvalue weighted by Gasteiger charge is 2.13. The molecule has 18 heavy (non-hydrogen) atoms. The van der Waals surface area contributed by atoms with E-state index in [0.717, 1.165) is 5.56 Å². The number of nitrogen functional groups attached to an aromatic ring is 1. The minimum Gasteiger partial charge on any atom is -0.460 e. The van der Waals surface area contributed by atoms with Crippen LogP contribution in [0.1, 0.15) is 36.7 Å². The van der Waals surface area contributed by atoms with Gasteiger partial charge in [-0.1, -0.05) is 6.07 Å². The van der Waals surface area contributed by atoms with Crippen LogP contribution in [-0.2, 0) is 9.47 Å². The molecule has 0 radical (unpaired) electrons. The van der Waals surface area contributed by atoms with E-state index in [0.29, 0.717) is 17.9 Å². The zero-order chi connectivity index (χ0) is 13.8. The molecule has 0 heterocycles. The molecule has 0 aliphatic carbocycles. The fourth-order valence-corrected chi connectivity index (χ4v) is 1.42. The molecule has 0 aromatic heterocycles. The highest BCUT2D eigenvalue weighted by molar-refractivity contribution is 5.92. The number of benzene rings is 1. The molecule has 4 heteroatoms. The Morgan fingerprint density at radius 1 is 1.28 bits per heavy atom. The molecule has 1 aromatic carbocycles. The summed E-state index contributed by atoms with van der Waals surface area (Å²) in [6.07, 6.45) is 0. The van der Waals surface area contributed by atoms with Crippen molar-refractivity contribution in [3.05, 3.63) is 29.3 Å². The van der Waals surface area contributed by atoms with E-state index in [1.165, 1.54) is 0 Å². The second-order valence-corrected chi connectivity index (χ2v) is 5.17. The summed E-state index contributed by atoms with van der Waals surface area (Å²) in [5, 5.41) is 0. The van der Waals surface area contributed by atoms with Crippen LogP contribution < -0.4 is 5.73 Å². The molecule has 0 saturated heterocycles. The number of esters is 1. The van der Waals surface area contributed by atoms with E-state index in [4.69, 9.17) is 15.2 Å². The van der Waals surface area contributed by atoms with Gasteiger partial charge in [0.05, 0.1) is 17.8 Å². The van der Waals surface area contributed by atoms with Gasteiger partial charge in [0.15, 0.2) is 0 Å². The van der Waals surface area contributed by atoms with Gasteiger partial charge in [0.25, 0.3) is 0 Å². The van der Waals surface area contributed by atoms with Gasteiger partial charge < -0.3 is 15.2 Å². The molecule has 2 N–H and O–H groups in total. The molecule has 4 nitrogen and oxygen atoms in total. The van der Waals surface area contributed by atoms with Gasteiger partial charge in [-0.2, -0.15) is 0 Å². The molecule has 0 aliphatic heterocycles. The number of hydrogen-bond acceptors (Lipinski definition) is 4. The largest absolute Gasteiger partial charge is 0.460 e. The van der Waals surface area contributed by atoms with Crippen molar-refractivity contribution in [2.75, 3.05) is 18.9 Å². The molecule has 0 unspecified atom stereocenters. The van der Waals surface area contributed by atoms with Crippen LogP contribution in [0.15, 0.2) is 18.2 Å². The summed E-state index contributed by atoms with van der Waals surface area (Å²) < 4.78 is 10.6. The molecule has 1 rings (SSSR count). The third-order valence-electron chi connectivity index (χ3n) is 2.33. The second kappa shape index (κ2) is 5.87. The maximum absolute atomic E-state index is 11.8. The van der Waals surface area contributed by atoms with Gasteiger partial charge in [0.2, 0.25) is 0 Å². The molecule has 0 saturated carbocycles. The van der Waals surface area contributed by atoms with Gasteiger partial charge in [-0.15, -0.1) is 0 Å². The molecule has 0 aliphatic rings. The SMILES string of the molecule is Cc1ccc(N)cc1C(=O)OCCOC(C)(C)C. The maximum atomic E-state index is 11.8. The number of rotatable bonds is 4. The standard InChI is InChI=1S/C14H21NO3/c1-10-5-6-11(15)9-12(10)13(16)17-7-8-18-14(2,3)4/h5-6,9H,7-8,15H2,1-4H3. The summed E-state index contributed by atoms with van der Waals surface area (Å²) in [6.45, 7) is 8.34. The lowest BCUT2D eigenvalue weighted by Crippen LogP contribution is -2.22. The molecule has 0 bridgehead atoms. The molecule has 0 atom stereocenters. The summed E-state index contributed by atoms with van der Waals surface area (Å²) >= 11 is 0. The average molecular weight is 251 g/mol. The summed E-state index contributed by atoms with van der Waals surface area (Å²) in [6, 6.07) is 5.19. The zero-order valence-electron chi connectivity index (χ0n) is 11.4. The Morgan fingerprint density at radius 2 is 1.94 bits per heavy atom. The summed E-state index contributed by atoms with van der Waals surface area (Å²) in [5.74, 6) is -0.364. The first-order valence-corrected chi connectivity index (χ1v) is 5.97. The van der Waals surface area contributed by atoms with Crippen LogP contribution in [-0.4, -0.2) is 24.8 Å². The van der Waals surface area contributed by atoms with Crippen molar-refractivity contribution >= 4 is 11.7 Å². The predicted molar refractivity (Wildman–Crippen MR) is 71.6 cm³/mol. The Labute approximate surface area is 108 Å². The number of aryl methyl sites for hydroxylation is 1. The van der Waals surface area contributed by atoms with E-state index in [1.54, 1.807) is 18.2 Å². The Bertz CT molecular complexity index is 422. The Balaban J connectivity index is 2.48. The average Bonchev–Trinajstić information content (AvgIpc) is 2.26. The number of carbonyl (C=O) groups is 1. The van der Waals surface area contributed by atoms with Crippen LogP contribution in [0.2, 0.25) is 0 Å². The molecule has 100 valence electrons. The van der Waals surface area contributed by atoms with Gasteiger partial charge in [-0.05, 0) is 45.4 Å². The molecular weight excluding hydrogens is 230 g/mol. The summed E-state index contributed by atoms with van der Waals surface area (Å²) in [4.78, 5) is 11.8. The predicted octanol–water partition coefficient (Wildman–Crippen LogP) is 2.55. The van der Waals surface area contributed by atoms with Crippen LogP contribution in [0.5, 0.6) is 0 Å². The molecule has 0 spiro atoms. The number of anilines is 1. The Morgan fingerprint density at radius 3 is 2.56 bits per heavy atom. The lowest BCUT2D eigenvalue weighted by molar-refractivity contribution is -0.0281. The normalized spacial score (nSPS) is 11.3. The smallest absolute Gasteiger partial charge is 0.338 e. The van der Waals surface area contributed by atoms with Gasteiger partial charge in [0.1, 0.15) is 6.61 Å². The maximum Gasteiger partial charge on any atom is 0.338 e. The topological polar surface area (TPSA) is 61.6 Å². The Hall–Kier alpha value is -1.55. The van der Waals surface area contributed by atoms with Crippen molar-refractivity contribution in [1.29, 1.82) is 0 Å². The fraction of sp³-hybridized carbons (Fsp3) is 0.500. The van der Waals surface area contributed by atoms with Crippen molar-refractivity contribution in [2.24, 2.45) is 0 Å². The molecule has 1 aromatic rings. The third kappa shape index (κ3) is 4.75. The molecular formula is C14H21NO3. The first-order chi connectivity index (χ1) is 8.29. The quantitative estimate of drug-likeness (QED) is 0.507. The molecule has 0 fully saturated rings. The van der Waals surface area contributed by atoms with Gasteiger partial charge >= 0.3 is 5.97 Å². The van der Waals surface area contributed by atoms with Crippen LogP contribution >= 0.6 is 0 Å². The first kappa shape index (κ1) is 14.5. The van der Waals surface area contributed by atoms with E-state index in [2.05, 4.69) is 0 Å². The highest BCUT2D eigenvalue weighted by Crippen LogP contribution is 2.14. The fourth-order valence-electron chi connectivity index (χ4n) is 1.42. The number of hydrogen-bond donors (Lipinski definition) is 1. The van der Waals surface area contributed by atoms with Gasteiger partial charge in [-0.25, -0.2) is 4.79 Å².